The van der Waals surface area contributed by atoms with Gasteiger partial charge in [-0.15, -0.1) is 11.3 Å². The number of aromatic nitrogens is 1. The van der Waals surface area contributed by atoms with Gasteiger partial charge >= 0.3 is 0 Å². The second-order valence-electron chi connectivity index (χ2n) is 5.00. The molecule has 0 radical (unpaired) electrons. The maximum atomic E-state index is 5.95. The van der Waals surface area contributed by atoms with Crippen LogP contribution in [0.1, 0.15) is 17.0 Å². The predicted molar refractivity (Wildman–Crippen MR) is 93.1 cm³/mol. The Morgan fingerprint density at radius 1 is 1.29 bits per heavy atom. The van der Waals surface area contributed by atoms with E-state index < -0.39 is 0 Å². The SMILES string of the molecule is COc1ccccc1/C(N)=N\OCc1csc(-c2ccc(C)o2)n1. The number of rotatable bonds is 6. The number of para-hydroxylation sites is 1. The number of amidine groups is 1. The lowest BCUT2D eigenvalue weighted by Crippen LogP contribution is -2.15. The Hall–Kier alpha value is -2.80. The average Bonchev–Trinajstić information content (AvgIpc) is 3.23. The summed E-state index contributed by atoms with van der Waals surface area (Å²) in [5, 5.41) is 6.65. The van der Waals surface area contributed by atoms with Gasteiger partial charge in [-0.25, -0.2) is 4.98 Å². The molecule has 124 valence electrons. The molecular formula is C17H17N3O3S. The van der Waals surface area contributed by atoms with Crippen molar-refractivity contribution in [3.63, 3.8) is 0 Å². The first-order valence-electron chi connectivity index (χ1n) is 7.27. The smallest absolute Gasteiger partial charge is 0.174 e. The van der Waals surface area contributed by atoms with Crippen LogP contribution in [0.2, 0.25) is 0 Å². The summed E-state index contributed by atoms with van der Waals surface area (Å²) in [6, 6.07) is 11.2. The highest BCUT2D eigenvalue weighted by Crippen LogP contribution is 2.25. The minimum atomic E-state index is 0.228. The zero-order valence-corrected chi connectivity index (χ0v) is 14.2. The summed E-state index contributed by atoms with van der Waals surface area (Å²) < 4.78 is 10.8. The number of hydrogen-bond donors (Lipinski definition) is 1. The Morgan fingerprint density at radius 3 is 2.88 bits per heavy atom. The lowest BCUT2D eigenvalue weighted by atomic mass is 10.2. The Kier molecular flexibility index (Phi) is 4.81. The molecule has 0 atom stereocenters. The van der Waals surface area contributed by atoms with E-state index in [1.54, 1.807) is 7.11 Å². The fourth-order valence-electron chi connectivity index (χ4n) is 2.11. The van der Waals surface area contributed by atoms with Crippen LogP contribution in [-0.2, 0) is 11.4 Å². The third-order valence-corrected chi connectivity index (χ3v) is 4.17. The highest BCUT2D eigenvalue weighted by Gasteiger charge is 2.09. The van der Waals surface area contributed by atoms with Gasteiger partial charge in [0, 0.05) is 5.38 Å². The number of aryl methyl sites for hydroxylation is 1. The van der Waals surface area contributed by atoms with E-state index in [2.05, 4.69) is 10.1 Å². The zero-order valence-electron chi connectivity index (χ0n) is 13.4. The van der Waals surface area contributed by atoms with Crippen LogP contribution in [0.5, 0.6) is 5.75 Å². The molecule has 24 heavy (non-hydrogen) atoms. The van der Waals surface area contributed by atoms with E-state index in [1.165, 1.54) is 11.3 Å². The van der Waals surface area contributed by atoms with Gasteiger partial charge in [-0.1, -0.05) is 17.3 Å². The minimum Gasteiger partial charge on any atom is -0.496 e. The Bertz CT molecular complexity index is 854. The van der Waals surface area contributed by atoms with E-state index in [-0.39, 0.29) is 12.4 Å². The van der Waals surface area contributed by atoms with Gasteiger partial charge in [0.2, 0.25) is 0 Å². The van der Waals surface area contributed by atoms with Gasteiger partial charge in [0.1, 0.15) is 11.5 Å². The Balaban J connectivity index is 1.65. The van der Waals surface area contributed by atoms with Crippen molar-refractivity contribution in [3.8, 4) is 16.5 Å². The van der Waals surface area contributed by atoms with Crippen molar-refractivity contribution in [2.45, 2.75) is 13.5 Å². The minimum absolute atomic E-state index is 0.228. The molecule has 0 aliphatic rings. The van der Waals surface area contributed by atoms with E-state index >= 15 is 0 Å². The molecule has 3 aromatic rings. The van der Waals surface area contributed by atoms with Crippen LogP contribution in [-0.4, -0.2) is 17.9 Å². The van der Waals surface area contributed by atoms with Crippen molar-refractivity contribution in [2.24, 2.45) is 10.9 Å². The van der Waals surface area contributed by atoms with Gasteiger partial charge in [0.15, 0.2) is 23.2 Å². The highest BCUT2D eigenvalue weighted by molar-refractivity contribution is 7.13. The van der Waals surface area contributed by atoms with Crippen LogP contribution in [0.15, 0.2) is 51.4 Å². The first kappa shape index (κ1) is 16.1. The predicted octanol–water partition coefficient (Wildman–Crippen LogP) is 3.56. The van der Waals surface area contributed by atoms with Crippen LogP contribution in [0.3, 0.4) is 0 Å². The lowest BCUT2D eigenvalue weighted by Gasteiger charge is -2.06. The van der Waals surface area contributed by atoms with Gasteiger partial charge in [-0.2, -0.15) is 0 Å². The summed E-state index contributed by atoms with van der Waals surface area (Å²) in [4.78, 5) is 9.77. The molecule has 1 aromatic carbocycles. The van der Waals surface area contributed by atoms with E-state index in [9.17, 15) is 0 Å². The summed E-state index contributed by atoms with van der Waals surface area (Å²) >= 11 is 1.49. The molecule has 2 N–H and O–H groups in total. The largest absolute Gasteiger partial charge is 0.496 e. The maximum Gasteiger partial charge on any atom is 0.174 e. The van der Waals surface area contributed by atoms with Crippen molar-refractivity contribution >= 4 is 17.2 Å². The van der Waals surface area contributed by atoms with E-state index in [1.807, 2.05) is 48.7 Å². The molecule has 6 nitrogen and oxygen atoms in total. The van der Waals surface area contributed by atoms with E-state index in [0.717, 1.165) is 22.2 Å². The quantitative estimate of drug-likeness (QED) is 0.420. The van der Waals surface area contributed by atoms with Gasteiger partial charge < -0.3 is 19.7 Å². The summed E-state index contributed by atoms with van der Waals surface area (Å²) in [5.74, 6) is 2.50. The van der Waals surface area contributed by atoms with E-state index in [4.69, 9.17) is 19.7 Å². The molecule has 0 amide bonds. The zero-order chi connectivity index (χ0) is 16.9. The number of furan rings is 1. The lowest BCUT2D eigenvalue weighted by molar-refractivity contribution is 0.128. The molecule has 0 aliphatic carbocycles. The number of hydrogen-bond acceptors (Lipinski definition) is 6. The number of nitrogens with two attached hydrogens (primary N) is 1. The second kappa shape index (κ2) is 7.18. The van der Waals surface area contributed by atoms with Crippen LogP contribution in [0, 0.1) is 6.92 Å². The normalized spacial score (nSPS) is 11.5. The van der Waals surface area contributed by atoms with Gasteiger partial charge in [0.05, 0.1) is 18.4 Å². The maximum absolute atomic E-state index is 5.95. The molecule has 2 aromatic heterocycles. The molecule has 0 spiro atoms. The fourth-order valence-corrected chi connectivity index (χ4v) is 2.87. The highest BCUT2D eigenvalue weighted by atomic mass is 32.1. The summed E-state index contributed by atoms with van der Waals surface area (Å²) in [6.45, 7) is 2.13. The van der Waals surface area contributed by atoms with Crippen molar-refractivity contribution in [3.05, 3.63) is 58.8 Å². The van der Waals surface area contributed by atoms with Gasteiger partial charge in [0.25, 0.3) is 0 Å². The van der Waals surface area contributed by atoms with Gasteiger partial charge in [-0.3, -0.25) is 0 Å². The molecule has 0 saturated carbocycles. The summed E-state index contributed by atoms with van der Waals surface area (Å²) in [5.41, 5.74) is 7.40. The number of methoxy groups -OCH3 is 1. The third-order valence-electron chi connectivity index (χ3n) is 3.26. The van der Waals surface area contributed by atoms with E-state index in [0.29, 0.717) is 11.3 Å². The second-order valence-corrected chi connectivity index (χ2v) is 5.86. The molecular weight excluding hydrogens is 326 g/mol. The van der Waals surface area contributed by atoms with Gasteiger partial charge in [-0.05, 0) is 31.2 Å². The standard InChI is InChI=1S/C17H17N3O3S/c1-11-7-8-15(23-11)17-19-12(10-24-17)9-22-20-16(18)13-5-3-4-6-14(13)21-2/h3-8,10H,9H2,1-2H3,(H2,18,20). The van der Waals surface area contributed by atoms with Crippen molar-refractivity contribution in [2.75, 3.05) is 7.11 Å². The molecule has 0 aliphatic heterocycles. The molecule has 3 rings (SSSR count). The van der Waals surface area contributed by atoms with Crippen LogP contribution in [0.25, 0.3) is 10.8 Å². The number of oxime groups is 1. The monoisotopic (exact) mass is 343 g/mol. The number of ether oxygens (including phenoxy) is 1. The Morgan fingerprint density at radius 2 is 2.12 bits per heavy atom. The number of thiazole rings is 1. The number of nitrogens with zero attached hydrogens (tertiary/aromatic N) is 2. The average molecular weight is 343 g/mol. The molecule has 0 saturated heterocycles. The van der Waals surface area contributed by atoms with Crippen molar-refractivity contribution in [1.29, 1.82) is 0 Å². The molecule has 0 unspecified atom stereocenters. The fraction of sp³-hybridized carbons (Fsp3) is 0.176. The molecule has 0 fully saturated rings. The third kappa shape index (κ3) is 3.57. The van der Waals surface area contributed by atoms with Crippen molar-refractivity contribution in [1.82, 2.24) is 4.98 Å². The van der Waals surface area contributed by atoms with Crippen LogP contribution in [0.4, 0.5) is 0 Å². The van der Waals surface area contributed by atoms with Crippen LogP contribution >= 0.6 is 11.3 Å². The molecule has 2 heterocycles. The Labute approximate surface area is 143 Å². The summed E-state index contributed by atoms with van der Waals surface area (Å²) in [6.07, 6.45) is 0. The van der Waals surface area contributed by atoms with Crippen LogP contribution < -0.4 is 10.5 Å². The first-order valence-corrected chi connectivity index (χ1v) is 8.15. The van der Waals surface area contributed by atoms with Crippen molar-refractivity contribution < 1.29 is 14.0 Å². The topological polar surface area (TPSA) is 82.9 Å². The molecule has 7 heteroatoms. The first-order chi connectivity index (χ1) is 11.7. The molecule has 0 bridgehead atoms. The number of benzene rings is 1. The summed E-state index contributed by atoms with van der Waals surface area (Å²) in [7, 11) is 1.58.